The molecule has 0 radical (unpaired) electrons. The van der Waals surface area contributed by atoms with Crippen molar-refractivity contribution >= 4 is 0 Å². The van der Waals surface area contributed by atoms with E-state index in [9.17, 15) is 30.6 Å². The third kappa shape index (κ3) is 3.26. The lowest BCUT2D eigenvalue weighted by molar-refractivity contribution is -0.353. The van der Waals surface area contributed by atoms with Gasteiger partial charge in [-0.15, -0.1) is 0 Å². The van der Waals surface area contributed by atoms with Gasteiger partial charge in [-0.3, -0.25) is 0 Å². The second-order valence-electron chi connectivity index (χ2n) is 5.51. The first-order valence-corrected chi connectivity index (χ1v) is 6.93. The SMILES string of the molecule is C[C@@H]1O[C@H](O)[C@@H](O)[C@H](O[C@@H]2O[C@H](CO)[C@@H](O)[C@H](O)[C@H]2O)[C@@H]1O. The van der Waals surface area contributed by atoms with Crippen molar-refractivity contribution in [2.75, 3.05) is 6.61 Å². The zero-order valence-corrected chi connectivity index (χ0v) is 11.8. The smallest absolute Gasteiger partial charge is 0.187 e. The Morgan fingerprint density at radius 3 is 2.05 bits per heavy atom. The Morgan fingerprint density at radius 1 is 0.818 bits per heavy atom. The Hall–Kier alpha value is -0.400. The zero-order chi connectivity index (χ0) is 16.6. The molecule has 22 heavy (non-hydrogen) atoms. The summed E-state index contributed by atoms with van der Waals surface area (Å²) in [5, 5.41) is 67.6. The molecule has 2 fully saturated rings. The van der Waals surface area contributed by atoms with Gasteiger partial charge < -0.3 is 50.0 Å². The second kappa shape index (κ2) is 7.01. The van der Waals surface area contributed by atoms with Crippen LogP contribution in [0.4, 0.5) is 0 Å². The summed E-state index contributed by atoms with van der Waals surface area (Å²) >= 11 is 0. The second-order valence-corrected chi connectivity index (χ2v) is 5.51. The van der Waals surface area contributed by atoms with Gasteiger partial charge in [-0.25, -0.2) is 0 Å². The molecular formula is C12H22O10. The topological polar surface area (TPSA) is 169 Å². The predicted molar refractivity (Wildman–Crippen MR) is 67.2 cm³/mol. The van der Waals surface area contributed by atoms with E-state index in [0.717, 1.165) is 0 Å². The van der Waals surface area contributed by atoms with Crippen LogP contribution in [0.1, 0.15) is 6.92 Å². The molecule has 2 saturated heterocycles. The molecule has 0 aromatic heterocycles. The van der Waals surface area contributed by atoms with Gasteiger partial charge in [-0.2, -0.15) is 0 Å². The lowest BCUT2D eigenvalue weighted by Crippen LogP contribution is -2.63. The number of aliphatic hydroxyl groups is 7. The van der Waals surface area contributed by atoms with Crippen LogP contribution in [-0.2, 0) is 14.2 Å². The van der Waals surface area contributed by atoms with Gasteiger partial charge in [0.05, 0.1) is 12.7 Å². The minimum absolute atomic E-state index is 0.636. The highest BCUT2D eigenvalue weighted by molar-refractivity contribution is 4.92. The van der Waals surface area contributed by atoms with Crippen molar-refractivity contribution in [1.29, 1.82) is 0 Å². The maximum Gasteiger partial charge on any atom is 0.187 e. The fraction of sp³-hybridized carbons (Fsp3) is 1.00. The van der Waals surface area contributed by atoms with Gasteiger partial charge in [0.1, 0.15) is 42.7 Å². The summed E-state index contributed by atoms with van der Waals surface area (Å²) in [6.45, 7) is 0.812. The highest BCUT2D eigenvalue weighted by Gasteiger charge is 2.49. The fourth-order valence-corrected chi connectivity index (χ4v) is 2.51. The van der Waals surface area contributed by atoms with E-state index in [2.05, 4.69) is 0 Å². The Kier molecular flexibility index (Phi) is 5.72. The van der Waals surface area contributed by atoms with E-state index >= 15 is 0 Å². The molecule has 0 amide bonds. The van der Waals surface area contributed by atoms with E-state index in [1.165, 1.54) is 6.92 Å². The van der Waals surface area contributed by atoms with Gasteiger partial charge in [-0.05, 0) is 6.92 Å². The number of aliphatic hydroxyl groups excluding tert-OH is 7. The number of hydrogen-bond acceptors (Lipinski definition) is 10. The molecule has 130 valence electrons. The minimum Gasteiger partial charge on any atom is -0.394 e. The van der Waals surface area contributed by atoms with Gasteiger partial charge in [0.25, 0.3) is 0 Å². The molecule has 0 saturated carbocycles. The molecule has 0 spiro atoms. The summed E-state index contributed by atoms with van der Waals surface area (Å²) in [5.41, 5.74) is 0. The molecule has 2 aliphatic heterocycles. The Labute approximate surface area is 126 Å². The van der Waals surface area contributed by atoms with Crippen LogP contribution in [0.5, 0.6) is 0 Å². The van der Waals surface area contributed by atoms with Crippen molar-refractivity contribution in [3.8, 4) is 0 Å². The number of rotatable bonds is 3. The largest absolute Gasteiger partial charge is 0.394 e. The molecule has 0 unspecified atom stereocenters. The average molecular weight is 326 g/mol. The van der Waals surface area contributed by atoms with Crippen LogP contribution in [0.15, 0.2) is 0 Å². The highest BCUT2D eigenvalue weighted by Crippen LogP contribution is 2.28. The standard InChI is InChI=1S/C12H22O10/c1-3-5(14)10(9(18)11(19)20-3)22-12-8(17)7(16)6(15)4(2-13)21-12/h3-19H,2H2,1H3/t3-,4+,5+,6+,7-,8+,9-,10+,11-,12-/m0/s1. The highest BCUT2D eigenvalue weighted by atomic mass is 16.7. The first-order valence-electron chi connectivity index (χ1n) is 6.93. The van der Waals surface area contributed by atoms with Gasteiger partial charge >= 0.3 is 0 Å². The van der Waals surface area contributed by atoms with Crippen molar-refractivity contribution in [3.05, 3.63) is 0 Å². The van der Waals surface area contributed by atoms with Gasteiger partial charge in [0.2, 0.25) is 0 Å². The van der Waals surface area contributed by atoms with E-state index in [0.29, 0.717) is 0 Å². The summed E-state index contributed by atoms with van der Waals surface area (Å²) < 4.78 is 15.3. The molecular weight excluding hydrogens is 304 g/mol. The van der Waals surface area contributed by atoms with E-state index in [1.807, 2.05) is 0 Å². The van der Waals surface area contributed by atoms with Crippen molar-refractivity contribution in [2.24, 2.45) is 0 Å². The molecule has 0 bridgehead atoms. The fourth-order valence-electron chi connectivity index (χ4n) is 2.51. The quantitative estimate of drug-likeness (QED) is 0.269. The first-order chi connectivity index (χ1) is 10.3. The van der Waals surface area contributed by atoms with E-state index in [1.54, 1.807) is 0 Å². The normalized spacial score (nSPS) is 53.5. The monoisotopic (exact) mass is 326 g/mol. The summed E-state index contributed by atoms with van der Waals surface area (Å²) in [4.78, 5) is 0. The van der Waals surface area contributed by atoms with Crippen LogP contribution in [0.3, 0.4) is 0 Å². The number of hydrogen-bond donors (Lipinski definition) is 7. The molecule has 2 rings (SSSR count). The Bertz CT molecular complexity index is 352. The molecule has 7 N–H and O–H groups in total. The van der Waals surface area contributed by atoms with Crippen molar-refractivity contribution < 1.29 is 50.0 Å². The van der Waals surface area contributed by atoms with Gasteiger partial charge in [-0.1, -0.05) is 0 Å². The van der Waals surface area contributed by atoms with Crippen LogP contribution < -0.4 is 0 Å². The third-order valence-electron chi connectivity index (χ3n) is 3.94. The molecule has 10 heteroatoms. The molecule has 2 aliphatic rings. The van der Waals surface area contributed by atoms with Gasteiger partial charge in [0, 0.05) is 0 Å². The minimum atomic E-state index is -1.67. The summed E-state index contributed by atoms with van der Waals surface area (Å²) in [6, 6.07) is 0. The van der Waals surface area contributed by atoms with Gasteiger partial charge in [0.15, 0.2) is 12.6 Å². The van der Waals surface area contributed by atoms with Crippen molar-refractivity contribution in [3.63, 3.8) is 0 Å². The first kappa shape index (κ1) is 17.9. The van der Waals surface area contributed by atoms with Crippen molar-refractivity contribution in [1.82, 2.24) is 0 Å². The third-order valence-corrected chi connectivity index (χ3v) is 3.94. The summed E-state index contributed by atoms with van der Waals surface area (Å²) in [5.74, 6) is 0. The lowest BCUT2D eigenvalue weighted by atomic mass is 9.97. The van der Waals surface area contributed by atoms with Crippen molar-refractivity contribution in [2.45, 2.75) is 68.3 Å². The van der Waals surface area contributed by atoms with E-state index in [4.69, 9.17) is 19.3 Å². The van der Waals surface area contributed by atoms with Crippen LogP contribution >= 0.6 is 0 Å². The molecule has 2 heterocycles. The zero-order valence-electron chi connectivity index (χ0n) is 11.8. The maximum atomic E-state index is 9.96. The van der Waals surface area contributed by atoms with E-state index in [-0.39, 0.29) is 0 Å². The molecule has 10 atom stereocenters. The molecule has 0 aromatic rings. The molecule has 0 aromatic carbocycles. The summed E-state index contributed by atoms with van der Waals surface area (Å²) in [6.07, 6.45) is -14.3. The molecule has 0 aliphatic carbocycles. The van der Waals surface area contributed by atoms with E-state index < -0.39 is 68.0 Å². The van der Waals surface area contributed by atoms with Crippen LogP contribution in [-0.4, -0.2) is 104 Å². The maximum absolute atomic E-state index is 9.96. The average Bonchev–Trinajstić information content (AvgIpc) is 2.49. The lowest BCUT2D eigenvalue weighted by Gasteiger charge is -2.44. The Morgan fingerprint density at radius 2 is 1.45 bits per heavy atom. The summed E-state index contributed by atoms with van der Waals surface area (Å²) in [7, 11) is 0. The molecule has 10 nitrogen and oxygen atoms in total. The number of ether oxygens (including phenoxy) is 3. The van der Waals surface area contributed by atoms with Crippen LogP contribution in [0.25, 0.3) is 0 Å². The van der Waals surface area contributed by atoms with Crippen LogP contribution in [0, 0.1) is 0 Å². The Balaban J connectivity index is 2.10. The predicted octanol–water partition coefficient (Wildman–Crippen LogP) is -4.37. The van der Waals surface area contributed by atoms with Crippen LogP contribution in [0.2, 0.25) is 0 Å².